The van der Waals surface area contributed by atoms with Crippen LogP contribution in [0.4, 0.5) is 10.5 Å². The summed E-state index contributed by atoms with van der Waals surface area (Å²) in [6, 6.07) is 6.80. The second kappa shape index (κ2) is 8.42. The fraction of sp³-hybridized carbons (Fsp3) is 0.529. The van der Waals surface area contributed by atoms with Crippen LogP contribution >= 0.6 is 9.39 Å². The van der Waals surface area contributed by atoms with Crippen LogP contribution in [0.25, 0.3) is 0 Å². The summed E-state index contributed by atoms with van der Waals surface area (Å²) in [4.78, 5) is 25.8. The summed E-state index contributed by atoms with van der Waals surface area (Å²) in [6.07, 6.45) is 6.16. The molecule has 0 aliphatic carbocycles. The van der Waals surface area contributed by atoms with E-state index in [1.54, 1.807) is 0 Å². The molecule has 1 N–H and O–H groups in total. The molecule has 23 heavy (non-hydrogen) atoms. The predicted molar refractivity (Wildman–Crippen MR) is 94.2 cm³/mol. The number of anilines is 1. The number of benzene rings is 1. The van der Waals surface area contributed by atoms with Gasteiger partial charge in [0.1, 0.15) is 6.04 Å². The molecule has 1 saturated heterocycles. The van der Waals surface area contributed by atoms with Crippen LogP contribution in [0.15, 0.2) is 24.3 Å². The zero-order valence-corrected chi connectivity index (χ0v) is 14.7. The lowest BCUT2D eigenvalue weighted by molar-refractivity contribution is -0.124. The Kier molecular flexibility index (Phi) is 6.55. The molecule has 1 heterocycles. The van der Waals surface area contributed by atoms with Crippen molar-refractivity contribution in [3.8, 4) is 0 Å². The van der Waals surface area contributed by atoms with Gasteiger partial charge in [0.05, 0.1) is 0 Å². The van der Waals surface area contributed by atoms with Crippen molar-refractivity contribution >= 4 is 27.0 Å². The van der Waals surface area contributed by atoms with Gasteiger partial charge in [0.15, 0.2) is 0 Å². The van der Waals surface area contributed by atoms with E-state index in [9.17, 15) is 9.59 Å². The second-order valence-electron chi connectivity index (χ2n) is 5.87. The van der Waals surface area contributed by atoms with Gasteiger partial charge in [0.25, 0.3) is 5.91 Å². The van der Waals surface area contributed by atoms with Crippen LogP contribution < -0.4 is 4.90 Å². The summed E-state index contributed by atoms with van der Waals surface area (Å²) in [5, 5.41) is 9.15. The highest BCUT2D eigenvalue weighted by Gasteiger charge is 2.43. The number of aryl methyl sites for hydroxylation is 1. The number of carbonyl (C=O) groups excluding carboxylic acids is 2. The summed E-state index contributed by atoms with van der Waals surface area (Å²) in [7, 11) is 2.15. The Hall–Kier alpha value is -1.45. The number of unbranched alkanes of at least 4 members (excludes halogenated alkanes) is 3. The molecule has 5 nitrogen and oxygen atoms in total. The highest BCUT2D eigenvalue weighted by Crippen LogP contribution is 2.29. The third-order valence-electron chi connectivity index (χ3n) is 4.18. The van der Waals surface area contributed by atoms with Gasteiger partial charge >= 0.3 is 6.03 Å². The number of hydrogen-bond acceptors (Lipinski definition) is 3. The van der Waals surface area contributed by atoms with Gasteiger partial charge < -0.3 is 5.11 Å². The monoisotopic (exact) mass is 336 g/mol. The molecule has 0 saturated carbocycles. The Bertz CT molecular complexity index is 547. The maximum absolute atomic E-state index is 12.3. The zero-order valence-electron chi connectivity index (χ0n) is 13.6. The van der Waals surface area contributed by atoms with Gasteiger partial charge in [-0.2, -0.15) is 0 Å². The Morgan fingerprint density at radius 2 is 1.83 bits per heavy atom. The fourth-order valence-corrected chi connectivity index (χ4v) is 3.16. The fourth-order valence-electron chi connectivity index (χ4n) is 2.86. The van der Waals surface area contributed by atoms with E-state index in [1.807, 2.05) is 24.3 Å². The average Bonchev–Trinajstić information content (AvgIpc) is 2.77. The van der Waals surface area contributed by atoms with E-state index in [2.05, 4.69) is 16.3 Å². The number of hydrogen-bond donors (Lipinski definition) is 1. The van der Waals surface area contributed by atoms with E-state index in [1.165, 1.54) is 36.1 Å². The molecule has 0 aromatic heterocycles. The van der Waals surface area contributed by atoms with E-state index in [0.29, 0.717) is 5.69 Å². The second-order valence-corrected chi connectivity index (χ2v) is 6.38. The Balaban J connectivity index is 2.08. The van der Waals surface area contributed by atoms with Crippen LogP contribution in [0.3, 0.4) is 0 Å². The minimum absolute atomic E-state index is 0.131. The van der Waals surface area contributed by atoms with Crippen LogP contribution in [0, 0.1) is 0 Å². The standard InChI is InChI=1S/C17H25N2O3P/c1-2-3-4-5-6-13-7-9-14(10-8-13)18-15(11-12-20)16(21)19(23)17(18)22/h7-10,15,20H,2-6,11-12,23H2,1H3. The third-order valence-corrected chi connectivity index (χ3v) is 4.66. The van der Waals surface area contributed by atoms with Gasteiger partial charge in [-0.15, -0.1) is 0 Å². The summed E-state index contributed by atoms with van der Waals surface area (Å²) in [5.74, 6) is -0.294. The van der Waals surface area contributed by atoms with Gasteiger partial charge in [-0.25, -0.2) is 9.46 Å². The largest absolute Gasteiger partial charge is 0.396 e. The van der Waals surface area contributed by atoms with Crippen molar-refractivity contribution in [2.45, 2.75) is 51.5 Å². The highest BCUT2D eigenvalue weighted by atomic mass is 31.0. The summed E-state index contributed by atoms with van der Waals surface area (Å²) in [5.41, 5.74) is 1.94. The first kappa shape index (κ1) is 17.9. The van der Waals surface area contributed by atoms with Crippen LogP contribution in [-0.4, -0.2) is 34.4 Å². The van der Waals surface area contributed by atoms with Crippen LogP contribution in [0.1, 0.15) is 44.6 Å². The smallest absolute Gasteiger partial charge is 0.334 e. The van der Waals surface area contributed by atoms with Crippen LogP contribution in [-0.2, 0) is 11.2 Å². The quantitative estimate of drug-likeness (QED) is 0.451. The number of amides is 3. The molecule has 1 aliphatic rings. The molecule has 2 unspecified atom stereocenters. The topological polar surface area (TPSA) is 60.9 Å². The van der Waals surface area contributed by atoms with Crippen LogP contribution in [0.2, 0.25) is 0 Å². The lowest BCUT2D eigenvalue weighted by Crippen LogP contribution is -2.35. The number of imide groups is 1. The molecule has 3 amide bonds. The minimum Gasteiger partial charge on any atom is -0.396 e. The first-order valence-corrected chi connectivity index (χ1v) is 8.73. The lowest BCUT2D eigenvalue weighted by atomic mass is 10.1. The average molecular weight is 336 g/mol. The third kappa shape index (κ3) is 4.10. The molecule has 1 fully saturated rings. The lowest BCUT2D eigenvalue weighted by Gasteiger charge is -2.21. The van der Waals surface area contributed by atoms with Crippen molar-refractivity contribution in [1.29, 1.82) is 0 Å². The van der Waals surface area contributed by atoms with E-state index in [-0.39, 0.29) is 25.0 Å². The number of nitrogens with zero attached hydrogens (tertiary/aromatic N) is 2. The maximum atomic E-state index is 12.3. The van der Waals surface area contributed by atoms with E-state index in [4.69, 9.17) is 5.11 Å². The molecule has 2 atom stereocenters. The Labute approximate surface area is 139 Å². The molecule has 2 rings (SSSR count). The number of urea groups is 1. The Morgan fingerprint density at radius 1 is 1.13 bits per heavy atom. The van der Waals surface area contributed by atoms with Gasteiger partial charge in [-0.1, -0.05) is 38.3 Å². The molecular weight excluding hydrogens is 311 g/mol. The molecule has 0 radical (unpaired) electrons. The van der Waals surface area contributed by atoms with Crippen molar-refractivity contribution < 1.29 is 14.7 Å². The normalized spacial score (nSPS) is 18.1. The molecule has 6 heteroatoms. The molecule has 1 aliphatic heterocycles. The Morgan fingerprint density at radius 3 is 2.43 bits per heavy atom. The summed E-state index contributed by atoms with van der Waals surface area (Å²) < 4.78 is 1.04. The first-order chi connectivity index (χ1) is 11.1. The van der Waals surface area contributed by atoms with Gasteiger partial charge in [-0.3, -0.25) is 9.69 Å². The maximum Gasteiger partial charge on any atom is 0.334 e. The summed E-state index contributed by atoms with van der Waals surface area (Å²) >= 11 is 0. The van der Waals surface area contributed by atoms with Crippen molar-refractivity contribution in [1.82, 2.24) is 4.67 Å². The molecular formula is C17H25N2O3P. The highest BCUT2D eigenvalue weighted by molar-refractivity contribution is 7.16. The van der Waals surface area contributed by atoms with Crippen LogP contribution in [0.5, 0.6) is 0 Å². The number of aliphatic hydroxyl groups is 1. The van der Waals surface area contributed by atoms with Gasteiger partial charge in [0, 0.05) is 18.7 Å². The zero-order chi connectivity index (χ0) is 16.8. The number of carbonyl (C=O) groups is 2. The minimum atomic E-state index is -0.625. The molecule has 0 bridgehead atoms. The number of aliphatic hydroxyl groups excluding tert-OH is 1. The van der Waals surface area contributed by atoms with Gasteiger partial charge in [0.2, 0.25) is 0 Å². The van der Waals surface area contributed by atoms with Crippen molar-refractivity contribution in [3.05, 3.63) is 29.8 Å². The van der Waals surface area contributed by atoms with Gasteiger partial charge in [-0.05, 0) is 39.9 Å². The number of rotatable bonds is 8. The molecule has 0 spiro atoms. The molecule has 1 aromatic carbocycles. The molecule has 1 aromatic rings. The van der Waals surface area contributed by atoms with E-state index >= 15 is 0 Å². The summed E-state index contributed by atoms with van der Waals surface area (Å²) in [6.45, 7) is 2.06. The molecule has 126 valence electrons. The van der Waals surface area contributed by atoms with E-state index < -0.39 is 6.04 Å². The van der Waals surface area contributed by atoms with Crippen molar-refractivity contribution in [2.75, 3.05) is 11.5 Å². The van der Waals surface area contributed by atoms with Crippen molar-refractivity contribution in [3.63, 3.8) is 0 Å². The van der Waals surface area contributed by atoms with Crippen molar-refractivity contribution in [2.24, 2.45) is 0 Å². The first-order valence-electron chi connectivity index (χ1n) is 8.21. The van der Waals surface area contributed by atoms with E-state index in [0.717, 1.165) is 11.1 Å². The SMILES string of the molecule is CCCCCCc1ccc(N2C(=O)N(P)C(=O)C2CCO)cc1. The predicted octanol–water partition coefficient (Wildman–Crippen LogP) is 3.12.